The van der Waals surface area contributed by atoms with Gasteiger partial charge in [-0.05, 0) is 5.92 Å². The van der Waals surface area contributed by atoms with Gasteiger partial charge in [-0.3, -0.25) is 4.79 Å². The highest BCUT2D eigenvalue weighted by Crippen LogP contribution is 2.16. The molecule has 0 amide bonds. The molecule has 1 atom stereocenters. The predicted molar refractivity (Wildman–Crippen MR) is 56.9 cm³/mol. The smallest absolute Gasteiger partial charge is 0.305 e. The van der Waals surface area contributed by atoms with E-state index in [1.165, 1.54) is 0 Å². The molecule has 5 nitrogen and oxygen atoms in total. The second-order valence-corrected chi connectivity index (χ2v) is 4.40. The summed E-state index contributed by atoms with van der Waals surface area (Å²) in [5.74, 6) is -0.343. The fourth-order valence-electron chi connectivity index (χ4n) is 1.76. The number of carboxylic acids is 1. The van der Waals surface area contributed by atoms with Crippen molar-refractivity contribution in [3.8, 4) is 0 Å². The Hall–Kier alpha value is -0.650. The third-order valence-electron chi connectivity index (χ3n) is 2.69. The van der Waals surface area contributed by atoms with Crippen LogP contribution in [0.2, 0.25) is 0 Å². The maximum absolute atomic E-state index is 10.7. The topological polar surface area (TPSA) is 70.6 Å². The molecule has 0 aromatic rings. The van der Waals surface area contributed by atoms with Crippen LogP contribution in [0.5, 0.6) is 0 Å². The minimum absolute atomic E-state index is 0.180. The first kappa shape index (κ1) is 12.4. The number of aliphatic carboxylic acids is 1. The maximum atomic E-state index is 10.7. The normalized spacial score (nSPS) is 20.7. The van der Waals surface area contributed by atoms with E-state index in [4.69, 9.17) is 9.84 Å². The van der Waals surface area contributed by atoms with Gasteiger partial charge in [-0.15, -0.1) is 0 Å². The van der Waals surface area contributed by atoms with Gasteiger partial charge in [-0.2, -0.15) is 0 Å². The van der Waals surface area contributed by atoms with E-state index in [1.54, 1.807) is 7.11 Å². The second-order valence-electron chi connectivity index (χ2n) is 4.40. The van der Waals surface area contributed by atoms with Crippen molar-refractivity contribution in [1.29, 1.82) is 0 Å². The summed E-state index contributed by atoms with van der Waals surface area (Å²) in [7, 11) is 1.68. The SMILES string of the molecule is COCC(C)CNC1(CC(=O)O)CNC1. The first-order valence-electron chi connectivity index (χ1n) is 5.24. The van der Waals surface area contributed by atoms with Crippen molar-refractivity contribution in [2.75, 3.05) is 33.4 Å². The quantitative estimate of drug-likeness (QED) is 0.544. The number of carboxylic acid groups (broad SMARTS) is 1. The standard InChI is InChI=1S/C10H20N2O3/c1-8(5-15-2)4-12-10(3-9(13)14)6-11-7-10/h8,11-12H,3-7H2,1-2H3,(H,13,14). The molecule has 0 radical (unpaired) electrons. The highest BCUT2D eigenvalue weighted by Gasteiger charge is 2.38. The molecule has 1 heterocycles. The fraction of sp³-hybridized carbons (Fsp3) is 0.900. The molecule has 0 saturated carbocycles. The van der Waals surface area contributed by atoms with E-state index in [0.717, 1.165) is 19.6 Å². The molecule has 5 heteroatoms. The van der Waals surface area contributed by atoms with Crippen molar-refractivity contribution in [1.82, 2.24) is 10.6 Å². The largest absolute Gasteiger partial charge is 0.481 e. The predicted octanol–water partition coefficient (Wildman–Crippen LogP) is -0.325. The van der Waals surface area contributed by atoms with Gasteiger partial charge in [0, 0.05) is 33.4 Å². The molecule has 0 spiro atoms. The van der Waals surface area contributed by atoms with Crippen LogP contribution in [0, 0.1) is 5.92 Å². The average Bonchev–Trinajstić information content (AvgIpc) is 2.09. The van der Waals surface area contributed by atoms with Crippen LogP contribution in [0.25, 0.3) is 0 Å². The van der Waals surface area contributed by atoms with E-state index in [9.17, 15) is 4.79 Å². The lowest BCUT2D eigenvalue weighted by Gasteiger charge is -2.43. The molecule has 0 bridgehead atoms. The Kier molecular flexibility index (Phi) is 4.50. The van der Waals surface area contributed by atoms with Crippen molar-refractivity contribution < 1.29 is 14.6 Å². The van der Waals surface area contributed by atoms with Crippen LogP contribution in [0.3, 0.4) is 0 Å². The second kappa shape index (κ2) is 5.44. The number of hydrogen-bond donors (Lipinski definition) is 3. The fourth-order valence-corrected chi connectivity index (χ4v) is 1.76. The Balaban J connectivity index is 2.30. The van der Waals surface area contributed by atoms with Gasteiger partial charge in [0.05, 0.1) is 12.0 Å². The van der Waals surface area contributed by atoms with Crippen LogP contribution in [-0.4, -0.2) is 50.0 Å². The monoisotopic (exact) mass is 216 g/mol. The van der Waals surface area contributed by atoms with Crippen LogP contribution in [0.4, 0.5) is 0 Å². The zero-order chi connectivity index (χ0) is 11.3. The average molecular weight is 216 g/mol. The summed E-state index contributed by atoms with van der Waals surface area (Å²) in [4.78, 5) is 10.7. The summed E-state index contributed by atoms with van der Waals surface area (Å²) in [6, 6.07) is 0. The van der Waals surface area contributed by atoms with Gasteiger partial charge in [0.1, 0.15) is 0 Å². The maximum Gasteiger partial charge on any atom is 0.305 e. The third-order valence-corrected chi connectivity index (χ3v) is 2.69. The number of hydrogen-bond acceptors (Lipinski definition) is 4. The number of carbonyl (C=O) groups is 1. The molecule has 1 unspecified atom stereocenters. The molecule has 1 aliphatic rings. The molecule has 3 N–H and O–H groups in total. The van der Waals surface area contributed by atoms with Gasteiger partial charge in [-0.1, -0.05) is 6.92 Å². The van der Waals surface area contributed by atoms with E-state index in [0.29, 0.717) is 12.5 Å². The van der Waals surface area contributed by atoms with Gasteiger partial charge in [0.15, 0.2) is 0 Å². The molecule has 1 saturated heterocycles. The van der Waals surface area contributed by atoms with Crippen molar-refractivity contribution >= 4 is 5.97 Å². The highest BCUT2D eigenvalue weighted by molar-refractivity contribution is 5.68. The van der Waals surface area contributed by atoms with Crippen molar-refractivity contribution in [2.24, 2.45) is 5.92 Å². The van der Waals surface area contributed by atoms with Gasteiger partial charge >= 0.3 is 5.97 Å². The summed E-state index contributed by atoms with van der Waals surface area (Å²) < 4.78 is 5.03. The molecule has 1 rings (SSSR count). The zero-order valence-electron chi connectivity index (χ0n) is 9.38. The Morgan fingerprint density at radius 1 is 1.67 bits per heavy atom. The lowest BCUT2D eigenvalue weighted by Crippen LogP contribution is -2.69. The molecule has 1 fully saturated rings. The third kappa shape index (κ3) is 3.77. The zero-order valence-corrected chi connectivity index (χ0v) is 9.38. The van der Waals surface area contributed by atoms with E-state index in [1.807, 2.05) is 0 Å². The van der Waals surface area contributed by atoms with Crippen molar-refractivity contribution in [3.05, 3.63) is 0 Å². The first-order valence-corrected chi connectivity index (χ1v) is 5.24. The molecule has 88 valence electrons. The minimum atomic E-state index is -0.747. The van der Waals surface area contributed by atoms with Crippen molar-refractivity contribution in [3.63, 3.8) is 0 Å². The number of rotatable bonds is 7. The van der Waals surface area contributed by atoms with E-state index in [-0.39, 0.29) is 12.0 Å². The molecule has 15 heavy (non-hydrogen) atoms. The van der Waals surface area contributed by atoms with Crippen LogP contribution >= 0.6 is 0 Å². The summed E-state index contributed by atoms with van der Waals surface area (Å²) in [5, 5.41) is 15.2. The van der Waals surface area contributed by atoms with E-state index >= 15 is 0 Å². The van der Waals surface area contributed by atoms with Crippen LogP contribution in [0.15, 0.2) is 0 Å². The minimum Gasteiger partial charge on any atom is -0.481 e. The molecule has 1 aliphatic heterocycles. The van der Waals surface area contributed by atoms with Crippen LogP contribution in [-0.2, 0) is 9.53 Å². The molecule has 0 aromatic carbocycles. The number of methoxy groups -OCH3 is 1. The van der Waals surface area contributed by atoms with Gasteiger partial charge < -0.3 is 20.5 Å². The van der Waals surface area contributed by atoms with Crippen LogP contribution < -0.4 is 10.6 Å². The van der Waals surface area contributed by atoms with Crippen molar-refractivity contribution in [2.45, 2.75) is 18.9 Å². The first-order chi connectivity index (χ1) is 7.08. The highest BCUT2D eigenvalue weighted by atomic mass is 16.5. The lowest BCUT2D eigenvalue weighted by molar-refractivity contribution is -0.139. The molecule has 0 aromatic heterocycles. The summed E-state index contributed by atoms with van der Waals surface area (Å²) in [6.07, 6.45) is 0.180. The Morgan fingerprint density at radius 2 is 2.33 bits per heavy atom. The molecular weight excluding hydrogens is 196 g/mol. The summed E-state index contributed by atoms with van der Waals surface area (Å²) >= 11 is 0. The van der Waals surface area contributed by atoms with E-state index in [2.05, 4.69) is 17.6 Å². The van der Waals surface area contributed by atoms with Gasteiger partial charge in [-0.25, -0.2) is 0 Å². The molecule has 0 aliphatic carbocycles. The number of nitrogens with one attached hydrogen (secondary N) is 2. The lowest BCUT2D eigenvalue weighted by atomic mass is 9.88. The van der Waals surface area contributed by atoms with E-state index < -0.39 is 5.97 Å². The van der Waals surface area contributed by atoms with Gasteiger partial charge in [0.25, 0.3) is 0 Å². The Bertz CT molecular complexity index is 217. The van der Waals surface area contributed by atoms with Gasteiger partial charge in [0.2, 0.25) is 0 Å². The van der Waals surface area contributed by atoms with Crippen LogP contribution in [0.1, 0.15) is 13.3 Å². The molecular formula is C10H20N2O3. The number of ether oxygens (including phenoxy) is 1. The Labute approximate surface area is 90.2 Å². The Morgan fingerprint density at radius 3 is 2.73 bits per heavy atom. The summed E-state index contributed by atoms with van der Waals surface area (Å²) in [5.41, 5.74) is -0.242. The summed E-state index contributed by atoms with van der Waals surface area (Å²) in [6.45, 7) is 5.04.